The number of rotatable bonds is 12. The summed E-state index contributed by atoms with van der Waals surface area (Å²) in [6, 6.07) is 31.6. The zero-order chi connectivity index (χ0) is 30.2. The van der Waals surface area contributed by atoms with Crippen LogP contribution < -0.4 is 4.18 Å². The maximum atomic E-state index is 14.0. The normalized spacial score (nSPS) is 14.9. The van der Waals surface area contributed by atoms with Gasteiger partial charge in [0.2, 0.25) is 0 Å². The van der Waals surface area contributed by atoms with E-state index in [1.807, 2.05) is 119 Å². The topological polar surface area (TPSA) is 76.1 Å². The van der Waals surface area contributed by atoms with Crippen molar-refractivity contribution in [1.29, 1.82) is 0 Å². The number of benzene rings is 4. The summed E-state index contributed by atoms with van der Waals surface area (Å²) < 4.78 is 28.0. The molecular formula is C35H39NO5S. The summed E-state index contributed by atoms with van der Waals surface area (Å²) in [5, 5.41) is 10.9. The van der Waals surface area contributed by atoms with Gasteiger partial charge >= 0.3 is 5.97 Å². The molecule has 0 aromatic heterocycles. The van der Waals surface area contributed by atoms with Gasteiger partial charge in [0.05, 0.1) is 18.1 Å². The lowest BCUT2D eigenvalue weighted by atomic mass is 9.97. The third kappa shape index (κ3) is 7.73. The summed E-state index contributed by atoms with van der Waals surface area (Å²) in [5.41, 5.74) is 5.20. The van der Waals surface area contributed by atoms with Gasteiger partial charge in [-0.3, -0.25) is 4.79 Å². The number of carbonyl (C=O) groups is 1. The number of carbonyl (C=O) groups excluding carboxylic acids is 1. The first-order valence-electron chi connectivity index (χ1n) is 14.1. The van der Waals surface area contributed by atoms with E-state index in [0.717, 1.165) is 27.8 Å². The van der Waals surface area contributed by atoms with Gasteiger partial charge in [-0.25, -0.2) is 0 Å². The van der Waals surface area contributed by atoms with Gasteiger partial charge in [0.1, 0.15) is 11.9 Å². The molecule has 0 fully saturated rings. The van der Waals surface area contributed by atoms with Crippen LogP contribution in [-0.2, 0) is 27.3 Å². The molecule has 0 spiro atoms. The Hall–Kier alpha value is -3.78. The molecule has 4 aromatic carbocycles. The Balaban J connectivity index is 1.66. The Morgan fingerprint density at radius 1 is 0.810 bits per heavy atom. The molecule has 0 aliphatic rings. The zero-order valence-corrected chi connectivity index (χ0v) is 25.6. The van der Waals surface area contributed by atoms with Crippen LogP contribution in [0.4, 0.5) is 0 Å². The molecule has 1 N–H and O–H groups in total. The molecule has 6 nitrogen and oxygen atoms in total. The molecule has 0 aliphatic heterocycles. The molecule has 0 amide bonds. The van der Waals surface area contributed by atoms with Crippen molar-refractivity contribution >= 4 is 17.2 Å². The van der Waals surface area contributed by atoms with Crippen LogP contribution in [0.25, 0.3) is 0 Å². The molecule has 4 rings (SSSR count). The summed E-state index contributed by atoms with van der Waals surface area (Å²) >= 11 is -1.93. The first-order valence-corrected chi connectivity index (χ1v) is 15.2. The average molecular weight is 586 g/mol. The van der Waals surface area contributed by atoms with E-state index < -0.39 is 41.4 Å². The largest absolute Gasteiger partial charge is 0.455 e. The Morgan fingerprint density at radius 3 is 1.86 bits per heavy atom. The molecule has 1 unspecified atom stereocenters. The van der Waals surface area contributed by atoms with Crippen LogP contribution in [0.5, 0.6) is 5.75 Å². The van der Waals surface area contributed by atoms with Crippen LogP contribution in [0.2, 0.25) is 0 Å². The first-order chi connectivity index (χ1) is 20.2. The van der Waals surface area contributed by atoms with E-state index in [9.17, 15) is 14.1 Å². The quantitative estimate of drug-likeness (QED) is 0.179. The number of aliphatic hydroxyl groups excluding tert-OH is 1. The molecular weight excluding hydrogens is 546 g/mol. The third-order valence-electron chi connectivity index (χ3n) is 7.38. The third-order valence-corrected chi connectivity index (χ3v) is 8.54. The van der Waals surface area contributed by atoms with Gasteiger partial charge < -0.3 is 14.0 Å². The average Bonchev–Trinajstić information content (AvgIpc) is 3.00. The predicted molar refractivity (Wildman–Crippen MR) is 167 cm³/mol. The molecule has 0 heterocycles. The van der Waals surface area contributed by atoms with Crippen molar-refractivity contribution in [2.24, 2.45) is 5.92 Å². The zero-order valence-electron chi connectivity index (χ0n) is 24.8. The highest BCUT2D eigenvalue weighted by atomic mass is 32.2. The van der Waals surface area contributed by atoms with E-state index in [4.69, 9.17) is 8.92 Å². The van der Waals surface area contributed by atoms with Gasteiger partial charge in [-0.15, -0.1) is 0 Å². The minimum absolute atomic E-state index is 0.293. The number of ether oxygens (including phenoxy) is 1. The van der Waals surface area contributed by atoms with E-state index in [1.165, 1.54) is 0 Å². The summed E-state index contributed by atoms with van der Waals surface area (Å²) in [7, 11) is 0. The predicted octanol–water partition coefficient (Wildman–Crippen LogP) is 7.11. The van der Waals surface area contributed by atoms with Crippen LogP contribution in [0.15, 0.2) is 103 Å². The van der Waals surface area contributed by atoms with Crippen molar-refractivity contribution in [2.75, 3.05) is 0 Å². The maximum Gasteiger partial charge on any atom is 0.312 e. The lowest BCUT2D eigenvalue weighted by Crippen LogP contribution is -2.42. The van der Waals surface area contributed by atoms with Crippen molar-refractivity contribution in [3.8, 4) is 5.75 Å². The number of esters is 1. The lowest BCUT2D eigenvalue weighted by molar-refractivity contribution is -0.160. The Labute approximate surface area is 251 Å². The number of hydrogen-bond donors (Lipinski definition) is 1. The Kier molecular flexibility index (Phi) is 10.7. The van der Waals surface area contributed by atoms with Crippen LogP contribution in [0, 0.1) is 26.7 Å². The van der Waals surface area contributed by atoms with Crippen molar-refractivity contribution in [3.63, 3.8) is 0 Å². The lowest BCUT2D eigenvalue weighted by Gasteiger charge is -2.34. The highest BCUT2D eigenvalue weighted by Crippen LogP contribution is 2.32. The summed E-state index contributed by atoms with van der Waals surface area (Å²) in [6.45, 7) is 9.71. The van der Waals surface area contributed by atoms with Crippen molar-refractivity contribution in [2.45, 2.75) is 59.4 Å². The minimum Gasteiger partial charge on any atom is -0.455 e. The monoisotopic (exact) mass is 585 g/mol. The van der Waals surface area contributed by atoms with Gasteiger partial charge in [-0.1, -0.05) is 109 Å². The molecule has 0 bridgehead atoms. The standard InChI is InChI=1S/C35H39NO5S/c1-24-21-25(2)33(26(3)22-24)41-42(39)36(23-29-15-9-6-10-16-29)28(5)34(31-19-13-8-14-20-31)40-35(38)27(4)32(37)30-17-11-7-12-18-30/h6-22,27-28,32,34,37H,23H2,1-5H3/t27-,28+,32+,34+,42?/m1/s1. The van der Waals surface area contributed by atoms with Gasteiger partial charge in [-0.2, -0.15) is 8.51 Å². The second-order valence-electron chi connectivity index (χ2n) is 10.7. The van der Waals surface area contributed by atoms with Crippen LogP contribution in [0.3, 0.4) is 0 Å². The molecule has 7 heteroatoms. The van der Waals surface area contributed by atoms with Crippen molar-refractivity contribution < 1.29 is 23.0 Å². The highest BCUT2D eigenvalue weighted by molar-refractivity contribution is 7.78. The van der Waals surface area contributed by atoms with Crippen LogP contribution in [0.1, 0.15) is 59.4 Å². The summed E-state index contributed by atoms with van der Waals surface area (Å²) in [6.07, 6.45) is -1.82. The Morgan fingerprint density at radius 2 is 1.31 bits per heavy atom. The number of nitrogens with zero attached hydrogens (tertiary/aromatic N) is 1. The minimum atomic E-state index is -1.93. The fraction of sp³-hybridized carbons (Fsp3) is 0.286. The van der Waals surface area contributed by atoms with Gasteiger partial charge in [0.25, 0.3) is 11.3 Å². The molecule has 0 saturated carbocycles. The second kappa shape index (κ2) is 14.4. The fourth-order valence-electron chi connectivity index (χ4n) is 5.05. The van der Waals surface area contributed by atoms with E-state index in [2.05, 4.69) is 0 Å². The first kappa shape index (κ1) is 31.2. The molecule has 0 saturated heterocycles. The number of aliphatic hydroxyl groups is 1. The highest BCUT2D eigenvalue weighted by Gasteiger charge is 2.35. The maximum absolute atomic E-state index is 14.0. The Bertz CT molecular complexity index is 1460. The van der Waals surface area contributed by atoms with E-state index in [1.54, 1.807) is 23.4 Å². The smallest absolute Gasteiger partial charge is 0.312 e. The second-order valence-corrected chi connectivity index (χ2v) is 11.8. The molecule has 0 aliphatic carbocycles. The van der Waals surface area contributed by atoms with Gasteiger partial charge in [0, 0.05) is 6.54 Å². The van der Waals surface area contributed by atoms with Crippen molar-refractivity contribution in [3.05, 3.63) is 137 Å². The van der Waals surface area contributed by atoms with E-state index in [-0.39, 0.29) is 0 Å². The number of hydrogen-bond acceptors (Lipinski definition) is 5. The van der Waals surface area contributed by atoms with Crippen molar-refractivity contribution in [1.82, 2.24) is 4.31 Å². The molecule has 42 heavy (non-hydrogen) atoms. The summed E-state index contributed by atoms with van der Waals surface area (Å²) in [5.74, 6) is -0.811. The van der Waals surface area contributed by atoms with E-state index >= 15 is 0 Å². The SMILES string of the molecule is Cc1cc(C)c(OS(=O)N(Cc2ccccc2)[C@@H](C)[C@H](OC(=O)[C@H](C)[C@H](O)c2ccccc2)c2ccccc2)c(C)c1. The number of aryl methyl sites for hydroxylation is 3. The van der Waals surface area contributed by atoms with Crippen LogP contribution in [-0.4, -0.2) is 25.6 Å². The van der Waals surface area contributed by atoms with E-state index in [0.29, 0.717) is 17.9 Å². The van der Waals surface area contributed by atoms with Gasteiger partial charge in [-0.05, 0) is 62.4 Å². The van der Waals surface area contributed by atoms with Gasteiger partial charge in [0.15, 0.2) is 0 Å². The molecule has 5 atom stereocenters. The molecule has 220 valence electrons. The molecule has 0 radical (unpaired) electrons. The van der Waals surface area contributed by atoms with Crippen LogP contribution >= 0.6 is 0 Å². The fourth-order valence-corrected chi connectivity index (χ4v) is 6.19. The molecule has 4 aromatic rings. The summed E-state index contributed by atoms with van der Waals surface area (Å²) in [4.78, 5) is 13.5.